The maximum Gasteiger partial charge on any atom is 0.320 e. The summed E-state index contributed by atoms with van der Waals surface area (Å²) in [6, 6.07) is 15.3. The normalized spacial score (nSPS) is 23.4. The first-order valence-electron chi connectivity index (χ1n) is 13.5. The van der Waals surface area contributed by atoms with Crippen molar-refractivity contribution in [3.05, 3.63) is 70.3 Å². The van der Waals surface area contributed by atoms with E-state index in [-0.39, 0.29) is 30.1 Å². The van der Waals surface area contributed by atoms with Gasteiger partial charge in [0.25, 0.3) is 0 Å². The van der Waals surface area contributed by atoms with Gasteiger partial charge in [-0.15, -0.1) is 0 Å². The van der Waals surface area contributed by atoms with Gasteiger partial charge in [-0.3, -0.25) is 0 Å². The number of piperidine rings is 1. The fourth-order valence-electron chi connectivity index (χ4n) is 6.49. The Labute approximate surface area is 218 Å². The molecule has 196 valence electrons. The molecule has 2 amide bonds. The molecule has 2 aromatic rings. The summed E-state index contributed by atoms with van der Waals surface area (Å²) in [5.74, 6) is 0.957. The standard InChI is InChI=1S/C31H45N3O2/c1-21-14-22(2)16-26(15-21)24(4)32(7)30(36)34-13-12-25-17-33(19-31(5,6)20-35)18-28(25)29(34)27-11-9-8-10-23(27)3/h8-11,14-16,24-25,28-29,35H,12-13,17-20H2,1-7H3/t24-,25-,28?,29+/m1/s1. The minimum absolute atomic E-state index is 0.00299. The maximum absolute atomic E-state index is 14.1. The predicted molar refractivity (Wildman–Crippen MR) is 147 cm³/mol. The smallest absolute Gasteiger partial charge is 0.320 e. The maximum atomic E-state index is 14.1. The molecular formula is C31H45N3O2. The molecule has 0 aliphatic carbocycles. The Hall–Kier alpha value is -2.37. The van der Waals surface area contributed by atoms with Gasteiger partial charge >= 0.3 is 6.03 Å². The molecule has 0 radical (unpaired) electrons. The van der Waals surface area contributed by atoms with E-state index in [0.717, 1.165) is 32.6 Å². The van der Waals surface area contributed by atoms with Crippen LogP contribution in [0.1, 0.15) is 67.1 Å². The Morgan fingerprint density at radius 3 is 2.42 bits per heavy atom. The number of aliphatic hydroxyl groups is 1. The molecule has 2 aliphatic heterocycles. The number of aliphatic hydroxyl groups excluding tert-OH is 1. The SMILES string of the molecule is Cc1cc(C)cc([C@@H](C)N(C)C(=O)N2CC[C@@H]3CN(CC(C)(C)CO)CC3[C@@H]2c2ccccc2C)c1. The lowest BCUT2D eigenvalue weighted by molar-refractivity contribution is 0.0695. The van der Waals surface area contributed by atoms with Gasteiger partial charge in [0.2, 0.25) is 0 Å². The van der Waals surface area contributed by atoms with E-state index in [4.69, 9.17) is 0 Å². The van der Waals surface area contributed by atoms with Gasteiger partial charge in [-0.25, -0.2) is 4.79 Å². The Bertz CT molecular complexity index is 1060. The molecule has 36 heavy (non-hydrogen) atoms. The van der Waals surface area contributed by atoms with Crippen LogP contribution in [0.2, 0.25) is 0 Å². The number of carbonyl (C=O) groups is 1. The van der Waals surface area contributed by atoms with Gasteiger partial charge in [0.05, 0.1) is 12.1 Å². The fourth-order valence-corrected chi connectivity index (χ4v) is 6.49. The molecule has 0 spiro atoms. The van der Waals surface area contributed by atoms with Crippen LogP contribution >= 0.6 is 0 Å². The second-order valence-electron chi connectivity index (χ2n) is 12.2. The summed E-state index contributed by atoms with van der Waals surface area (Å²) in [5, 5.41) is 9.85. The van der Waals surface area contributed by atoms with Gasteiger partial charge < -0.3 is 19.8 Å². The zero-order valence-electron chi connectivity index (χ0n) is 23.3. The van der Waals surface area contributed by atoms with Gasteiger partial charge in [0, 0.05) is 51.2 Å². The van der Waals surface area contributed by atoms with Gasteiger partial charge in [-0.2, -0.15) is 0 Å². The average molecular weight is 492 g/mol. The number of amides is 2. The number of aryl methyl sites for hydroxylation is 3. The molecule has 2 saturated heterocycles. The Morgan fingerprint density at radius 2 is 1.78 bits per heavy atom. The van der Waals surface area contributed by atoms with Gasteiger partial charge in [0.15, 0.2) is 0 Å². The molecule has 4 atom stereocenters. The van der Waals surface area contributed by atoms with Gasteiger partial charge in [-0.1, -0.05) is 67.4 Å². The molecule has 0 aromatic heterocycles. The van der Waals surface area contributed by atoms with Crippen LogP contribution in [-0.4, -0.2) is 65.7 Å². The molecule has 2 aromatic carbocycles. The largest absolute Gasteiger partial charge is 0.396 e. The van der Waals surface area contributed by atoms with Crippen LogP contribution in [0.5, 0.6) is 0 Å². The topological polar surface area (TPSA) is 47.0 Å². The third-order valence-corrected chi connectivity index (χ3v) is 8.49. The van der Waals surface area contributed by atoms with Crippen LogP contribution in [-0.2, 0) is 0 Å². The summed E-state index contributed by atoms with van der Waals surface area (Å²) in [5.41, 5.74) is 6.05. The van der Waals surface area contributed by atoms with Crippen molar-refractivity contribution in [2.24, 2.45) is 17.3 Å². The average Bonchev–Trinajstić information content (AvgIpc) is 3.23. The second-order valence-corrected chi connectivity index (χ2v) is 12.2. The van der Waals surface area contributed by atoms with Crippen molar-refractivity contribution in [1.82, 2.24) is 14.7 Å². The molecule has 1 unspecified atom stereocenters. The zero-order valence-corrected chi connectivity index (χ0v) is 23.3. The minimum atomic E-state index is -0.122. The molecule has 5 nitrogen and oxygen atoms in total. The van der Waals surface area contributed by atoms with E-state index in [1.54, 1.807) is 0 Å². The summed E-state index contributed by atoms with van der Waals surface area (Å²) in [6.45, 7) is 16.7. The molecule has 1 N–H and O–H groups in total. The Kier molecular flexibility index (Phi) is 7.82. The summed E-state index contributed by atoms with van der Waals surface area (Å²) in [4.78, 5) is 20.7. The predicted octanol–water partition coefficient (Wildman–Crippen LogP) is 5.74. The Morgan fingerprint density at radius 1 is 1.11 bits per heavy atom. The van der Waals surface area contributed by atoms with Crippen LogP contribution in [0, 0.1) is 38.0 Å². The molecule has 2 heterocycles. The zero-order chi connectivity index (χ0) is 26.2. The minimum Gasteiger partial charge on any atom is -0.396 e. The van der Waals surface area contributed by atoms with Crippen molar-refractivity contribution >= 4 is 6.03 Å². The van der Waals surface area contributed by atoms with E-state index in [2.05, 4.69) is 93.8 Å². The molecular weight excluding hydrogens is 446 g/mol. The van der Waals surface area contributed by atoms with E-state index in [9.17, 15) is 9.90 Å². The fraction of sp³-hybridized carbons (Fsp3) is 0.581. The summed E-state index contributed by atoms with van der Waals surface area (Å²) >= 11 is 0. The van der Waals surface area contributed by atoms with Crippen molar-refractivity contribution in [2.45, 2.75) is 60.0 Å². The van der Waals surface area contributed by atoms with E-state index in [1.165, 1.54) is 27.8 Å². The highest BCUT2D eigenvalue weighted by molar-refractivity contribution is 5.75. The highest BCUT2D eigenvalue weighted by Crippen LogP contribution is 2.45. The monoisotopic (exact) mass is 491 g/mol. The third kappa shape index (κ3) is 5.47. The van der Waals surface area contributed by atoms with Crippen molar-refractivity contribution in [3.8, 4) is 0 Å². The first-order chi connectivity index (χ1) is 17.0. The molecule has 0 saturated carbocycles. The van der Waals surface area contributed by atoms with Crippen LogP contribution < -0.4 is 0 Å². The van der Waals surface area contributed by atoms with Crippen molar-refractivity contribution in [2.75, 3.05) is 39.8 Å². The number of nitrogens with zero attached hydrogens (tertiary/aromatic N) is 3. The third-order valence-electron chi connectivity index (χ3n) is 8.49. The summed E-state index contributed by atoms with van der Waals surface area (Å²) in [6.07, 6.45) is 1.03. The molecule has 2 aliphatic rings. The highest BCUT2D eigenvalue weighted by Gasteiger charge is 2.47. The van der Waals surface area contributed by atoms with E-state index >= 15 is 0 Å². The van der Waals surface area contributed by atoms with Gasteiger partial charge in [-0.05, 0) is 56.7 Å². The lowest BCUT2D eigenvalue weighted by Gasteiger charge is -2.45. The molecule has 5 heteroatoms. The summed E-state index contributed by atoms with van der Waals surface area (Å²) < 4.78 is 0. The highest BCUT2D eigenvalue weighted by atomic mass is 16.3. The van der Waals surface area contributed by atoms with Crippen LogP contribution in [0.3, 0.4) is 0 Å². The number of fused-ring (bicyclic) bond motifs is 1. The molecule has 2 fully saturated rings. The first kappa shape index (κ1) is 26.7. The Balaban J connectivity index is 1.63. The van der Waals surface area contributed by atoms with Crippen molar-refractivity contribution < 1.29 is 9.90 Å². The van der Waals surface area contributed by atoms with Crippen LogP contribution in [0.4, 0.5) is 4.79 Å². The first-order valence-corrected chi connectivity index (χ1v) is 13.5. The summed E-state index contributed by atoms with van der Waals surface area (Å²) in [7, 11) is 1.95. The molecule has 4 rings (SSSR count). The van der Waals surface area contributed by atoms with Crippen LogP contribution in [0.25, 0.3) is 0 Å². The van der Waals surface area contributed by atoms with E-state index in [1.807, 2.05) is 11.9 Å². The number of urea groups is 1. The number of hydrogen-bond donors (Lipinski definition) is 1. The van der Waals surface area contributed by atoms with Crippen molar-refractivity contribution in [1.29, 1.82) is 0 Å². The number of hydrogen-bond acceptors (Lipinski definition) is 3. The van der Waals surface area contributed by atoms with E-state index in [0.29, 0.717) is 11.8 Å². The second kappa shape index (κ2) is 10.5. The van der Waals surface area contributed by atoms with E-state index < -0.39 is 0 Å². The number of rotatable bonds is 6. The number of carbonyl (C=O) groups excluding carboxylic acids is 1. The number of likely N-dealkylation sites (tertiary alicyclic amines) is 2. The lowest BCUT2D eigenvalue weighted by Crippen LogP contribution is -2.51. The number of benzene rings is 2. The molecule has 0 bridgehead atoms. The van der Waals surface area contributed by atoms with Crippen molar-refractivity contribution in [3.63, 3.8) is 0 Å². The lowest BCUT2D eigenvalue weighted by atomic mass is 9.78. The van der Waals surface area contributed by atoms with Crippen LogP contribution in [0.15, 0.2) is 42.5 Å². The van der Waals surface area contributed by atoms with Gasteiger partial charge in [0.1, 0.15) is 0 Å². The quantitative estimate of drug-likeness (QED) is 0.561.